The largest absolute Gasteiger partial charge is 0.490 e. The first kappa shape index (κ1) is 21.5. The van der Waals surface area contributed by atoms with E-state index in [2.05, 4.69) is 5.32 Å². The van der Waals surface area contributed by atoms with E-state index in [0.29, 0.717) is 22.7 Å². The molecule has 0 fully saturated rings. The standard InChI is InChI=1S/C15H16N2O3S.C2HF3O2/c16-14(18)13-12(10-5-1-2-6-11(10)21-13)15(19)17-8-9-4-3-7-20-9;3-2(4,5)1(6)7/h3-4,7H,1-2,5-6,8H2,(H2,16,18)(H,17,19);(H,6,7). The lowest BCUT2D eigenvalue weighted by molar-refractivity contribution is -0.192. The molecule has 0 spiro atoms. The highest BCUT2D eigenvalue weighted by Gasteiger charge is 2.38. The van der Waals surface area contributed by atoms with Crippen LogP contribution in [0.25, 0.3) is 0 Å². The number of amides is 2. The number of carbonyl (C=O) groups excluding carboxylic acids is 2. The maximum atomic E-state index is 12.4. The van der Waals surface area contributed by atoms with Gasteiger partial charge in [0.05, 0.1) is 18.4 Å². The second-order valence-corrected chi connectivity index (χ2v) is 6.95. The van der Waals surface area contributed by atoms with Crippen LogP contribution in [0, 0.1) is 0 Å². The van der Waals surface area contributed by atoms with Crippen LogP contribution in [0.3, 0.4) is 0 Å². The summed E-state index contributed by atoms with van der Waals surface area (Å²) in [6.45, 7) is 0.300. The molecule has 0 unspecified atom stereocenters. The van der Waals surface area contributed by atoms with E-state index in [1.807, 2.05) is 0 Å². The van der Waals surface area contributed by atoms with Gasteiger partial charge in [-0.05, 0) is 43.4 Å². The van der Waals surface area contributed by atoms with Crippen molar-refractivity contribution in [1.29, 1.82) is 0 Å². The molecular formula is C17H17F3N2O5S. The number of hydrogen-bond acceptors (Lipinski definition) is 5. The number of hydrogen-bond donors (Lipinski definition) is 3. The third-order valence-corrected chi connectivity index (χ3v) is 5.17. The number of aliphatic carboxylic acids is 1. The summed E-state index contributed by atoms with van der Waals surface area (Å²) in [6, 6.07) is 3.56. The van der Waals surface area contributed by atoms with Crippen molar-refractivity contribution in [2.45, 2.75) is 38.4 Å². The Labute approximate surface area is 161 Å². The van der Waals surface area contributed by atoms with E-state index in [-0.39, 0.29) is 5.91 Å². The van der Waals surface area contributed by atoms with Crippen molar-refractivity contribution in [2.75, 3.05) is 0 Å². The van der Waals surface area contributed by atoms with E-state index in [1.165, 1.54) is 11.3 Å². The fourth-order valence-corrected chi connectivity index (χ4v) is 3.89. The summed E-state index contributed by atoms with van der Waals surface area (Å²) in [5, 5.41) is 9.92. The molecule has 0 aliphatic heterocycles. The van der Waals surface area contributed by atoms with Gasteiger partial charge in [-0.3, -0.25) is 9.59 Å². The van der Waals surface area contributed by atoms with Crippen LogP contribution in [-0.2, 0) is 24.2 Å². The summed E-state index contributed by atoms with van der Waals surface area (Å²) in [5.74, 6) is -2.86. The fourth-order valence-electron chi connectivity index (χ4n) is 2.65. The lowest BCUT2D eigenvalue weighted by atomic mass is 9.94. The number of halogens is 3. The second-order valence-electron chi connectivity index (χ2n) is 5.84. The molecule has 152 valence electrons. The molecular weight excluding hydrogens is 401 g/mol. The minimum Gasteiger partial charge on any atom is -0.475 e. The predicted octanol–water partition coefficient (Wildman–Crippen LogP) is 2.88. The molecule has 2 heterocycles. The van der Waals surface area contributed by atoms with Gasteiger partial charge >= 0.3 is 12.1 Å². The number of fused-ring (bicyclic) bond motifs is 1. The zero-order chi connectivity index (χ0) is 20.9. The van der Waals surface area contributed by atoms with Crippen LogP contribution in [-0.4, -0.2) is 29.1 Å². The Hall–Kier alpha value is -2.82. The normalized spacial score (nSPS) is 13.1. The molecule has 0 saturated carbocycles. The van der Waals surface area contributed by atoms with E-state index in [0.717, 1.165) is 36.1 Å². The molecule has 1 aliphatic carbocycles. The molecule has 0 radical (unpaired) electrons. The van der Waals surface area contributed by atoms with Crippen LogP contribution in [0.1, 0.15) is 49.1 Å². The van der Waals surface area contributed by atoms with Gasteiger partial charge in [0.15, 0.2) is 0 Å². The Balaban J connectivity index is 0.000000345. The summed E-state index contributed by atoms with van der Waals surface area (Å²) < 4.78 is 36.9. The molecule has 0 saturated heterocycles. The number of nitrogens with one attached hydrogen (secondary N) is 1. The zero-order valence-corrected chi connectivity index (χ0v) is 15.3. The number of carbonyl (C=O) groups is 3. The number of carboxylic acid groups (broad SMARTS) is 1. The first-order valence-electron chi connectivity index (χ1n) is 8.16. The van der Waals surface area contributed by atoms with Gasteiger partial charge in [-0.2, -0.15) is 13.2 Å². The summed E-state index contributed by atoms with van der Waals surface area (Å²) >= 11 is 1.36. The summed E-state index contributed by atoms with van der Waals surface area (Å²) in [4.78, 5) is 34.4. The number of carboxylic acids is 1. The zero-order valence-electron chi connectivity index (χ0n) is 14.5. The number of thiophene rings is 1. The smallest absolute Gasteiger partial charge is 0.475 e. The van der Waals surface area contributed by atoms with Crippen molar-refractivity contribution in [3.8, 4) is 0 Å². The fraction of sp³-hybridized carbons (Fsp3) is 0.353. The minimum absolute atomic E-state index is 0.250. The molecule has 2 aromatic rings. The molecule has 7 nitrogen and oxygen atoms in total. The molecule has 3 rings (SSSR count). The van der Waals surface area contributed by atoms with Crippen LogP contribution in [0.4, 0.5) is 13.2 Å². The number of primary amides is 1. The van der Waals surface area contributed by atoms with Gasteiger partial charge in [0, 0.05) is 4.88 Å². The van der Waals surface area contributed by atoms with Gasteiger partial charge in [0.25, 0.3) is 11.8 Å². The number of alkyl halides is 3. The number of furan rings is 1. The maximum absolute atomic E-state index is 12.4. The molecule has 28 heavy (non-hydrogen) atoms. The molecule has 0 aromatic carbocycles. The van der Waals surface area contributed by atoms with Crippen molar-refractivity contribution in [3.63, 3.8) is 0 Å². The molecule has 4 N–H and O–H groups in total. The maximum Gasteiger partial charge on any atom is 0.490 e. The van der Waals surface area contributed by atoms with Gasteiger partial charge in [-0.1, -0.05) is 0 Å². The van der Waals surface area contributed by atoms with E-state index in [4.69, 9.17) is 20.1 Å². The summed E-state index contributed by atoms with van der Waals surface area (Å²) in [5.41, 5.74) is 6.89. The number of rotatable bonds is 4. The average molecular weight is 418 g/mol. The van der Waals surface area contributed by atoms with Gasteiger partial charge in [0.1, 0.15) is 10.6 Å². The lowest BCUT2D eigenvalue weighted by Crippen LogP contribution is -2.26. The molecule has 0 bridgehead atoms. The molecule has 11 heteroatoms. The Morgan fingerprint density at radius 2 is 1.89 bits per heavy atom. The van der Waals surface area contributed by atoms with Gasteiger partial charge in [-0.25, -0.2) is 4.79 Å². The van der Waals surface area contributed by atoms with Crippen molar-refractivity contribution in [3.05, 3.63) is 45.0 Å². The number of aryl methyl sites for hydroxylation is 1. The average Bonchev–Trinajstić information content (AvgIpc) is 3.27. The first-order chi connectivity index (χ1) is 13.1. The summed E-state index contributed by atoms with van der Waals surface area (Å²) in [6.07, 6.45) is 0.372. The molecule has 1 aliphatic rings. The van der Waals surface area contributed by atoms with Crippen molar-refractivity contribution >= 4 is 29.1 Å². The Kier molecular flexibility index (Phi) is 6.84. The van der Waals surface area contributed by atoms with E-state index in [9.17, 15) is 22.8 Å². The summed E-state index contributed by atoms with van der Waals surface area (Å²) in [7, 11) is 0. The van der Waals surface area contributed by atoms with Crippen LogP contribution < -0.4 is 11.1 Å². The molecule has 2 aromatic heterocycles. The quantitative estimate of drug-likeness (QED) is 0.705. The van der Waals surface area contributed by atoms with E-state index >= 15 is 0 Å². The van der Waals surface area contributed by atoms with Crippen molar-refractivity contribution in [1.82, 2.24) is 5.32 Å². The third-order valence-electron chi connectivity index (χ3n) is 3.87. The van der Waals surface area contributed by atoms with Crippen LogP contribution in [0.15, 0.2) is 22.8 Å². The predicted molar refractivity (Wildman–Crippen MR) is 93.0 cm³/mol. The number of nitrogens with two attached hydrogens (primary N) is 1. The minimum atomic E-state index is -5.08. The second kappa shape index (κ2) is 8.91. The SMILES string of the molecule is NC(=O)c1sc2c(c1C(=O)NCc1ccco1)CCCC2.O=C(O)C(F)(F)F. The Morgan fingerprint density at radius 1 is 1.25 bits per heavy atom. The van der Waals surface area contributed by atoms with Crippen LogP contribution in [0.2, 0.25) is 0 Å². The van der Waals surface area contributed by atoms with Crippen LogP contribution in [0.5, 0.6) is 0 Å². The van der Waals surface area contributed by atoms with E-state index in [1.54, 1.807) is 18.4 Å². The Bertz CT molecular complexity index is 859. The molecule has 2 amide bonds. The van der Waals surface area contributed by atoms with Crippen LogP contribution >= 0.6 is 11.3 Å². The first-order valence-corrected chi connectivity index (χ1v) is 8.98. The highest BCUT2D eigenvalue weighted by Crippen LogP contribution is 2.34. The van der Waals surface area contributed by atoms with E-state index < -0.39 is 18.1 Å². The monoisotopic (exact) mass is 418 g/mol. The Morgan fingerprint density at radius 3 is 2.43 bits per heavy atom. The molecule has 0 atom stereocenters. The topological polar surface area (TPSA) is 123 Å². The van der Waals surface area contributed by atoms with Gasteiger partial charge < -0.3 is 20.6 Å². The highest BCUT2D eigenvalue weighted by molar-refractivity contribution is 7.14. The third kappa shape index (κ3) is 5.35. The van der Waals surface area contributed by atoms with Crippen molar-refractivity contribution < 1.29 is 37.1 Å². The van der Waals surface area contributed by atoms with Gasteiger partial charge in [0.2, 0.25) is 0 Å². The highest BCUT2D eigenvalue weighted by atomic mass is 32.1. The van der Waals surface area contributed by atoms with Gasteiger partial charge in [-0.15, -0.1) is 11.3 Å². The lowest BCUT2D eigenvalue weighted by Gasteiger charge is -2.12. The van der Waals surface area contributed by atoms with Crippen molar-refractivity contribution in [2.24, 2.45) is 5.73 Å².